The van der Waals surface area contributed by atoms with Crippen molar-refractivity contribution < 1.29 is 19.0 Å². The number of rotatable bonds is 6. The Kier molecular flexibility index (Phi) is 5.04. The number of aliphatic imine (C=N–C) groups is 1. The Labute approximate surface area is 100 Å². The van der Waals surface area contributed by atoms with E-state index >= 15 is 0 Å². The Balaban J connectivity index is 3.09. The molecule has 0 aliphatic carbocycles. The number of hydrogen-bond donors (Lipinski definition) is 0. The summed E-state index contributed by atoms with van der Waals surface area (Å²) in [5.41, 5.74) is 0.856. The molecule has 0 unspecified atom stereocenters. The molecule has 5 heteroatoms. The summed E-state index contributed by atoms with van der Waals surface area (Å²) in [5.74, 6) is 1.96. The highest BCUT2D eigenvalue weighted by atomic mass is 16.5. The van der Waals surface area contributed by atoms with Crippen molar-refractivity contribution >= 4 is 6.08 Å². The van der Waals surface area contributed by atoms with Gasteiger partial charge in [0.2, 0.25) is 6.08 Å². The van der Waals surface area contributed by atoms with Gasteiger partial charge in [0.1, 0.15) is 17.2 Å². The lowest BCUT2D eigenvalue weighted by Gasteiger charge is -2.14. The van der Waals surface area contributed by atoms with Crippen molar-refractivity contribution in [3.05, 3.63) is 17.7 Å². The molecule has 0 saturated carbocycles. The molecule has 5 nitrogen and oxygen atoms in total. The largest absolute Gasteiger partial charge is 0.496 e. The van der Waals surface area contributed by atoms with Crippen LogP contribution >= 0.6 is 0 Å². The molecule has 92 valence electrons. The zero-order valence-corrected chi connectivity index (χ0v) is 10.1. The van der Waals surface area contributed by atoms with Gasteiger partial charge in [-0.3, -0.25) is 0 Å². The quantitative estimate of drug-likeness (QED) is 0.557. The molecule has 0 aliphatic rings. The molecule has 0 bridgehead atoms. The molecule has 0 N–H and O–H groups in total. The summed E-state index contributed by atoms with van der Waals surface area (Å²) in [6.07, 6.45) is 2.05. The summed E-state index contributed by atoms with van der Waals surface area (Å²) in [4.78, 5) is 13.5. The molecule has 0 spiro atoms. The standard InChI is InChI=1S/C12H15NO4/c1-15-9-6-11(16-2)10(4-5-13-8-14)12(7-9)17-3/h6-7H,4-5H2,1-3H3. The van der Waals surface area contributed by atoms with Gasteiger partial charge in [0.25, 0.3) is 0 Å². The highest BCUT2D eigenvalue weighted by Crippen LogP contribution is 2.34. The second-order valence-electron chi connectivity index (χ2n) is 3.23. The van der Waals surface area contributed by atoms with Gasteiger partial charge in [0.15, 0.2) is 0 Å². The number of hydrogen-bond acceptors (Lipinski definition) is 5. The summed E-state index contributed by atoms with van der Waals surface area (Å²) < 4.78 is 15.7. The third-order valence-electron chi connectivity index (χ3n) is 2.36. The zero-order chi connectivity index (χ0) is 12.7. The van der Waals surface area contributed by atoms with E-state index in [1.807, 2.05) is 0 Å². The molecule has 17 heavy (non-hydrogen) atoms. The van der Waals surface area contributed by atoms with Gasteiger partial charge in [-0.2, -0.15) is 0 Å². The number of benzene rings is 1. The molecule has 1 aromatic rings. The second kappa shape index (κ2) is 6.55. The molecule has 1 aromatic carbocycles. The molecule has 0 saturated heterocycles. The lowest BCUT2D eigenvalue weighted by molar-refractivity contribution is 0.369. The summed E-state index contributed by atoms with van der Waals surface area (Å²) in [5, 5.41) is 0. The third kappa shape index (κ3) is 3.23. The third-order valence-corrected chi connectivity index (χ3v) is 2.36. The van der Waals surface area contributed by atoms with Gasteiger partial charge in [0, 0.05) is 24.1 Å². The van der Waals surface area contributed by atoms with Crippen molar-refractivity contribution in [2.24, 2.45) is 4.99 Å². The molecular formula is C12H15NO4. The summed E-state index contributed by atoms with van der Waals surface area (Å²) in [6, 6.07) is 3.53. The summed E-state index contributed by atoms with van der Waals surface area (Å²) >= 11 is 0. The van der Waals surface area contributed by atoms with E-state index in [9.17, 15) is 4.79 Å². The normalized spacial score (nSPS) is 9.35. The molecule has 0 atom stereocenters. The van der Waals surface area contributed by atoms with E-state index in [0.717, 1.165) is 5.56 Å². The summed E-state index contributed by atoms with van der Waals surface area (Å²) in [6.45, 7) is 0.350. The van der Waals surface area contributed by atoms with Gasteiger partial charge in [-0.25, -0.2) is 9.79 Å². The molecule has 0 radical (unpaired) electrons. The number of carbonyl (C=O) groups excluding carboxylic acids is 1. The number of ether oxygens (including phenoxy) is 3. The van der Waals surface area contributed by atoms with E-state index in [0.29, 0.717) is 30.2 Å². The van der Waals surface area contributed by atoms with Crippen molar-refractivity contribution in [2.45, 2.75) is 6.42 Å². The van der Waals surface area contributed by atoms with Gasteiger partial charge in [-0.05, 0) is 0 Å². The minimum atomic E-state index is 0.350. The fourth-order valence-electron chi connectivity index (χ4n) is 1.54. The van der Waals surface area contributed by atoms with E-state index < -0.39 is 0 Å². The maximum atomic E-state index is 10.0. The van der Waals surface area contributed by atoms with Crippen molar-refractivity contribution in [3.8, 4) is 17.2 Å². The highest BCUT2D eigenvalue weighted by Gasteiger charge is 2.12. The van der Waals surface area contributed by atoms with Crippen LogP contribution in [0.3, 0.4) is 0 Å². The van der Waals surface area contributed by atoms with Crippen molar-refractivity contribution in [2.75, 3.05) is 27.9 Å². The van der Waals surface area contributed by atoms with Crippen LogP contribution in [0, 0.1) is 0 Å². The van der Waals surface area contributed by atoms with Crippen molar-refractivity contribution in [1.29, 1.82) is 0 Å². The Morgan fingerprint density at radius 2 is 1.71 bits per heavy atom. The molecule has 0 heterocycles. The predicted molar refractivity (Wildman–Crippen MR) is 62.8 cm³/mol. The van der Waals surface area contributed by atoms with E-state index in [4.69, 9.17) is 14.2 Å². The van der Waals surface area contributed by atoms with Crippen molar-refractivity contribution in [1.82, 2.24) is 0 Å². The smallest absolute Gasteiger partial charge is 0.234 e. The fraction of sp³-hybridized carbons (Fsp3) is 0.417. The van der Waals surface area contributed by atoms with Crippen LogP contribution in [0.2, 0.25) is 0 Å². The number of methoxy groups -OCH3 is 3. The van der Waals surface area contributed by atoms with Crippen LogP contribution in [0.4, 0.5) is 0 Å². The molecule has 0 amide bonds. The first kappa shape index (κ1) is 13.1. The van der Waals surface area contributed by atoms with Gasteiger partial charge in [0.05, 0.1) is 27.9 Å². The first-order valence-electron chi connectivity index (χ1n) is 5.09. The van der Waals surface area contributed by atoms with Gasteiger partial charge in [-0.15, -0.1) is 0 Å². The van der Waals surface area contributed by atoms with Gasteiger partial charge >= 0.3 is 0 Å². The van der Waals surface area contributed by atoms with Gasteiger partial charge < -0.3 is 14.2 Å². The Morgan fingerprint density at radius 3 is 2.12 bits per heavy atom. The van der Waals surface area contributed by atoms with Crippen LogP contribution in [0.15, 0.2) is 17.1 Å². The van der Waals surface area contributed by atoms with E-state index in [-0.39, 0.29) is 0 Å². The summed E-state index contributed by atoms with van der Waals surface area (Å²) in [7, 11) is 4.71. The first-order chi connectivity index (χ1) is 8.26. The second-order valence-corrected chi connectivity index (χ2v) is 3.23. The maximum absolute atomic E-state index is 10.0. The van der Waals surface area contributed by atoms with Crippen LogP contribution in [0.25, 0.3) is 0 Å². The monoisotopic (exact) mass is 237 g/mol. The lowest BCUT2D eigenvalue weighted by atomic mass is 10.1. The maximum Gasteiger partial charge on any atom is 0.234 e. The van der Waals surface area contributed by atoms with Crippen LogP contribution < -0.4 is 14.2 Å². The minimum absolute atomic E-state index is 0.350. The number of isocyanates is 1. The predicted octanol–water partition coefficient (Wildman–Crippen LogP) is 1.59. The number of nitrogens with zero attached hydrogens (tertiary/aromatic N) is 1. The minimum Gasteiger partial charge on any atom is -0.496 e. The average Bonchev–Trinajstić information content (AvgIpc) is 2.38. The lowest BCUT2D eigenvalue weighted by Crippen LogP contribution is -2.00. The van der Waals surface area contributed by atoms with E-state index in [1.165, 1.54) is 6.08 Å². The van der Waals surface area contributed by atoms with Crippen LogP contribution in [-0.4, -0.2) is 34.0 Å². The Bertz CT molecular complexity index is 400. The van der Waals surface area contributed by atoms with Crippen LogP contribution in [0.5, 0.6) is 17.2 Å². The Morgan fingerprint density at radius 1 is 1.12 bits per heavy atom. The highest BCUT2D eigenvalue weighted by molar-refractivity contribution is 5.51. The average molecular weight is 237 g/mol. The van der Waals surface area contributed by atoms with Gasteiger partial charge in [-0.1, -0.05) is 0 Å². The van der Waals surface area contributed by atoms with E-state index in [2.05, 4.69) is 4.99 Å². The molecule has 0 aromatic heterocycles. The fourth-order valence-corrected chi connectivity index (χ4v) is 1.54. The van der Waals surface area contributed by atoms with Crippen molar-refractivity contribution in [3.63, 3.8) is 0 Å². The molecule has 0 fully saturated rings. The molecular weight excluding hydrogens is 222 g/mol. The first-order valence-corrected chi connectivity index (χ1v) is 5.09. The van der Waals surface area contributed by atoms with E-state index in [1.54, 1.807) is 33.5 Å². The van der Waals surface area contributed by atoms with Crippen LogP contribution in [0.1, 0.15) is 5.56 Å². The zero-order valence-electron chi connectivity index (χ0n) is 10.1. The van der Waals surface area contributed by atoms with Crippen LogP contribution in [-0.2, 0) is 11.2 Å². The molecule has 1 rings (SSSR count). The Hall–Kier alpha value is -2.00. The topological polar surface area (TPSA) is 57.1 Å². The molecule has 0 aliphatic heterocycles. The SMILES string of the molecule is COc1cc(OC)c(CCN=C=O)c(OC)c1.